The Balaban J connectivity index is 1.54. The first kappa shape index (κ1) is 18.7. The molecule has 1 aromatic rings. The fraction of sp³-hybridized carbons (Fsp3) is 0.667. The van der Waals surface area contributed by atoms with E-state index in [9.17, 15) is 4.79 Å². The summed E-state index contributed by atoms with van der Waals surface area (Å²) in [5.74, 6) is 1.25. The number of guanidine groups is 1. The zero-order valence-corrected chi connectivity index (χ0v) is 15.7. The maximum Gasteiger partial charge on any atom is 0.289 e. The lowest BCUT2D eigenvalue weighted by Gasteiger charge is -2.36. The zero-order chi connectivity index (χ0) is 18.4. The van der Waals surface area contributed by atoms with Crippen molar-refractivity contribution in [1.29, 1.82) is 0 Å². The second-order valence-electron chi connectivity index (χ2n) is 6.71. The second kappa shape index (κ2) is 9.05. The van der Waals surface area contributed by atoms with E-state index < -0.39 is 0 Å². The fourth-order valence-electron chi connectivity index (χ4n) is 3.27. The van der Waals surface area contributed by atoms with Crippen molar-refractivity contribution in [1.82, 2.24) is 20.0 Å². The summed E-state index contributed by atoms with van der Waals surface area (Å²) in [6, 6.07) is 3.45. The molecule has 3 heterocycles. The molecule has 0 aromatic carbocycles. The Kier molecular flexibility index (Phi) is 6.51. The summed E-state index contributed by atoms with van der Waals surface area (Å²) in [7, 11) is 2.11. The number of nitrogens with one attached hydrogen (secondary N) is 1. The molecule has 2 aliphatic heterocycles. The molecular weight excluding hydrogens is 334 g/mol. The number of nitrogens with zero attached hydrogens (tertiary/aromatic N) is 4. The lowest BCUT2D eigenvalue weighted by Crippen LogP contribution is -2.54. The summed E-state index contributed by atoms with van der Waals surface area (Å²) < 4.78 is 11.0. The molecule has 8 nitrogen and oxygen atoms in total. The number of hydrogen-bond donors (Lipinski definition) is 1. The van der Waals surface area contributed by atoms with Gasteiger partial charge in [-0.05, 0) is 26.1 Å². The summed E-state index contributed by atoms with van der Waals surface area (Å²) in [5, 5.41) is 3.36. The molecule has 26 heavy (non-hydrogen) atoms. The minimum Gasteiger partial charge on any atom is -0.459 e. The predicted molar refractivity (Wildman–Crippen MR) is 99.4 cm³/mol. The van der Waals surface area contributed by atoms with E-state index in [1.807, 2.05) is 4.90 Å². The van der Waals surface area contributed by atoms with Crippen molar-refractivity contribution in [3.63, 3.8) is 0 Å². The van der Waals surface area contributed by atoms with Gasteiger partial charge in [0.25, 0.3) is 5.91 Å². The lowest BCUT2D eigenvalue weighted by molar-refractivity contribution is -0.0137. The molecule has 0 bridgehead atoms. The molecule has 1 amide bonds. The Hall–Kier alpha value is -2.06. The molecule has 2 saturated heterocycles. The third-order valence-electron chi connectivity index (χ3n) is 4.72. The summed E-state index contributed by atoms with van der Waals surface area (Å²) in [4.78, 5) is 23.5. The van der Waals surface area contributed by atoms with E-state index >= 15 is 0 Å². The van der Waals surface area contributed by atoms with Gasteiger partial charge in [-0.15, -0.1) is 0 Å². The van der Waals surface area contributed by atoms with E-state index in [0.29, 0.717) is 25.4 Å². The van der Waals surface area contributed by atoms with Gasteiger partial charge in [0.1, 0.15) is 0 Å². The van der Waals surface area contributed by atoms with E-state index in [-0.39, 0.29) is 12.0 Å². The van der Waals surface area contributed by atoms with Crippen molar-refractivity contribution >= 4 is 11.9 Å². The van der Waals surface area contributed by atoms with Gasteiger partial charge in [0.2, 0.25) is 0 Å². The SMILES string of the molecule is CCNC(=NCC1CN(C)CCO1)N1CCN(C(=O)c2ccco2)CC1. The van der Waals surface area contributed by atoms with Gasteiger partial charge in [-0.2, -0.15) is 0 Å². The van der Waals surface area contributed by atoms with Crippen molar-refractivity contribution in [2.24, 2.45) is 4.99 Å². The summed E-state index contributed by atoms with van der Waals surface area (Å²) in [6.07, 6.45) is 1.67. The average Bonchev–Trinajstić information content (AvgIpc) is 3.19. The van der Waals surface area contributed by atoms with Crippen LogP contribution in [0.1, 0.15) is 17.5 Å². The van der Waals surface area contributed by atoms with Crippen molar-refractivity contribution in [3.8, 4) is 0 Å². The quantitative estimate of drug-likeness (QED) is 0.614. The van der Waals surface area contributed by atoms with Gasteiger partial charge in [0.05, 0.1) is 25.5 Å². The number of hydrogen-bond acceptors (Lipinski definition) is 5. The number of carbonyl (C=O) groups is 1. The van der Waals surface area contributed by atoms with Crippen LogP contribution in [-0.2, 0) is 4.74 Å². The first-order chi connectivity index (χ1) is 12.7. The van der Waals surface area contributed by atoms with Crippen molar-refractivity contribution < 1.29 is 13.9 Å². The molecule has 0 radical (unpaired) electrons. The van der Waals surface area contributed by atoms with E-state index in [4.69, 9.17) is 14.1 Å². The molecule has 1 atom stereocenters. The Labute approximate surface area is 154 Å². The third-order valence-corrected chi connectivity index (χ3v) is 4.72. The summed E-state index contributed by atoms with van der Waals surface area (Å²) in [5.41, 5.74) is 0. The van der Waals surface area contributed by atoms with Gasteiger partial charge in [-0.3, -0.25) is 9.79 Å². The number of aliphatic imine (C=N–C) groups is 1. The van der Waals surface area contributed by atoms with Crippen LogP contribution >= 0.6 is 0 Å². The molecule has 2 aliphatic rings. The Bertz CT molecular complexity index is 596. The summed E-state index contributed by atoms with van der Waals surface area (Å²) >= 11 is 0. The largest absolute Gasteiger partial charge is 0.459 e. The van der Waals surface area contributed by atoms with Crippen LogP contribution in [0, 0.1) is 0 Å². The van der Waals surface area contributed by atoms with Crippen LogP contribution < -0.4 is 5.32 Å². The van der Waals surface area contributed by atoms with Crippen LogP contribution in [0.2, 0.25) is 0 Å². The normalized spacial score (nSPS) is 22.5. The average molecular weight is 363 g/mol. The van der Waals surface area contributed by atoms with Crippen molar-refractivity contribution in [3.05, 3.63) is 24.2 Å². The standard InChI is InChI=1S/C18H29N5O3/c1-3-19-18(20-13-15-14-21(2)10-12-25-15)23-8-6-22(7-9-23)17(24)16-5-4-11-26-16/h4-5,11,15H,3,6-10,12-14H2,1-2H3,(H,19,20). The van der Waals surface area contributed by atoms with E-state index in [2.05, 4.69) is 29.1 Å². The molecule has 1 N–H and O–H groups in total. The van der Waals surface area contributed by atoms with Gasteiger partial charge in [0.15, 0.2) is 11.7 Å². The lowest BCUT2D eigenvalue weighted by atomic mass is 10.3. The molecule has 2 fully saturated rings. The zero-order valence-electron chi connectivity index (χ0n) is 15.7. The number of morpholine rings is 1. The highest BCUT2D eigenvalue weighted by Gasteiger charge is 2.25. The first-order valence-electron chi connectivity index (χ1n) is 9.33. The van der Waals surface area contributed by atoms with Crippen LogP contribution in [0.25, 0.3) is 0 Å². The smallest absolute Gasteiger partial charge is 0.289 e. The van der Waals surface area contributed by atoms with Gasteiger partial charge >= 0.3 is 0 Å². The molecule has 0 saturated carbocycles. The second-order valence-corrected chi connectivity index (χ2v) is 6.71. The highest BCUT2D eigenvalue weighted by Crippen LogP contribution is 2.10. The van der Waals surface area contributed by atoms with Crippen molar-refractivity contribution in [2.75, 3.05) is 66.0 Å². The van der Waals surface area contributed by atoms with Crippen molar-refractivity contribution in [2.45, 2.75) is 13.0 Å². The minimum absolute atomic E-state index is 0.0461. The molecule has 0 aliphatic carbocycles. The van der Waals surface area contributed by atoms with E-state index in [0.717, 1.165) is 45.3 Å². The number of amides is 1. The van der Waals surface area contributed by atoms with Crippen LogP contribution in [-0.4, -0.2) is 98.7 Å². The Morgan fingerprint density at radius 1 is 1.27 bits per heavy atom. The van der Waals surface area contributed by atoms with E-state index in [1.165, 1.54) is 6.26 Å². The van der Waals surface area contributed by atoms with E-state index in [1.54, 1.807) is 12.1 Å². The van der Waals surface area contributed by atoms with Gasteiger partial charge < -0.3 is 29.2 Å². The van der Waals surface area contributed by atoms with Crippen LogP contribution in [0.3, 0.4) is 0 Å². The molecule has 1 unspecified atom stereocenters. The van der Waals surface area contributed by atoms with Crippen LogP contribution in [0.5, 0.6) is 0 Å². The molecular formula is C18H29N5O3. The molecule has 3 rings (SSSR count). The highest BCUT2D eigenvalue weighted by molar-refractivity contribution is 5.91. The number of carbonyl (C=O) groups excluding carboxylic acids is 1. The highest BCUT2D eigenvalue weighted by atomic mass is 16.5. The number of likely N-dealkylation sites (N-methyl/N-ethyl adjacent to an activating group) is 1. The summed E-state index contributed by atoms with van der Waals surface area (Å²) in [6.45, 7) is 9.01. The third kappa shape index (κ3) is 4.76. The Morgan fingerprint density at radius 3 is 2.69 bits per heavy atom. The van der Waals surface area contributed by atoms with Gasteiger partial charge in [0, 0.05) is 45.8 Å². The monoisotopic (exact) mass is 363 g/mol. The molecule has 8 heteroatoms. The molecule has 144 valence electrons. The number of furan rings is 1. The maximum absolute atomic E-state index is 12.4. The predicted octanol–water partition coefficient (Wildman–Crippen LogP) is 0.334. The van der Waals surface area contributed by atoms with Gasteiger partial charge in [-0.25, -0.2) is 0 Å². The van der Waals surface area contributed by atoms with Gasteiger partial charge in [-0.1, -0.05) is 0 Å². The number of piperazine rings is 1. The first-order valence-corrected chi connectivity index (χ1v) is 9.33. The minimum atomic E-state index is -0.0461. The topological polar surface area (TPSA) is 73.6 Å². The maximum atomic E-state index is 12.4. The number of ether oxygens (including phenoxy) is 1. The molecule has 0 spiro atoms. The molecule has 1 aromatic heterocycles. The Morgan fingerprint density at radius 2 is 2.04 bits per heavy atom. The van der Waals surface area contributed by atoms with Crippen LogP contribution in [0.4, 0.5) is 0 Å². The number of rotatable bonds is 4. The van der Waals surface area contributed by atoms with Crippen LogP contribution in [0.15, 0.2) is 27.8 Å². The fourth-order valence-corrected chi connectivity index (χ4v) is 3.27.